The molecular formula is C16H11ClF2N2O3. The van der Waals surface area contributed by atoms with E-state index in [0.29, 0.717) is 17.1 Å². The topological polar surface area (TPSA) is 64.2 Å². The summed E-state index contributed by atoms with van der Waals surface area (Å²) in [5.41, 5.74) is -0.139. The number of rotatable bonds is 3. The lowest BCUT2D eigenvalue weighted by Gasteiger charge is -2.11. The molecule has 0 spiro atoms. The van der Waals surface area contributed by atoms with E-state index in [1.54, 1.807) is 6.07 Å². The fourth-order valence-electron chi connectivity index (χ4n) is 2.33. The Bertz CT molecular complexity index is 1000. The summed E-state index contributed by atoms with van der Waals surface area (Å²) in [4.78, 5) is 18.8. The van der Waals surface area contributed by atoms with Crippen molar-refractivity contribution in [2.75, 3.05) is 14.2 Å². The van der Waals surface area contributed by atoms with Gasteiger partial charge in [0.1, 0.15) is 5.82 Å². The third kappa shape index (κ3) is 2.67. The molecule has 2 aromatic carbocycles. The zero-order valence-corrected chi connectivity index (χ0v) is 13.4. The molecule has 0 saturated carbocycles. The average molecular weight is 353 g/mol. The van der Waals surface area contributed by atoms with Crippen LogP contribution in [0.15, 0.2) is 29.1 Å². The third-order valence-corrected chi connectivity index (χ3v) is 3.74. The van der Waals surface area contributed by atoms with E-state index in [2.05, 4.69) is 9.97 Å². The first-order valence-corrected chi connectivity index (χ1v) is 7.13. The molecule has 0 unspecified atom stereocenters. The Labute approximate surface area is 139 Å². The molecule has 0 amide bonds. The summed E-state index contributed by atoms with van der Waals surface area (Å²) in [7, 11) is 2.88. The number of methoxy groups -OCH3 is 2. The molecule has 24 heavy (non-hydrogen) atoms. The fraction of sp³-hybridized carbons (Fsp3) is 0.125. The number of nitrogens with zero attached hydrogens (tertiary/aromatic N) is 1. The maximum atomic E-state index is 13.4. The van der Waals surface area contributed by atoms with Crippen LogP contribution >= 0.6 is 11.6 Å². The van der Waals surface area contributed by atoms with Gasteiger partial charge in [-0.15, -0.1) is 0 Å². The normalized spacial score (nSPS) is 10.9. The van der Waals surface area contributed by atoms with Gasteiger partial charge in [0.25, 0.3) is 5.56 Å². The number of hydrogen-bond donors (Lipinski definition) is 1. The van der Waals surface area contributed by atoms with Crippen molar-refractivity contribution in [2.24, 2.45) is 0 Å². The van der Waals surface area contributed by atoms with Crippen LogP contribution in [0.3, 0.4) is 0 Å². The Morgan fingerprint density at radius 3 is 2.46 bits per heavy atom. The lowest BCUT2D eigenvalue weighted by molar-refractivity contribution is 0.355. The second kappa shape index (κ2) is 6.09. The van der Waals surface area contributed by atoms with Crippen LogP contribution in [0, 0.1) is 11.6 Å². The van der Waals surface area contributed by atoms with Gasteiger partial charge in [0.15, 0.2) is 23.1 Å². The van der Waals surface area contributed by atoms with Gasteiger partial charge < -0.3 is 14.5 Å². The van der Waals surface area contributed by atoms with Gasteiger partial charge in [-0.1, -0.05) is 11.6 Å². The minimum atomic E-state index is -1.11. The minimum Gasteiger partial charge on any atom is -0.493 e. The maximum absolute atomic E-state index is 13.4. The molecule has 124 valence electrons. The molecule has 3 rings (SSSR count). The molecule has 1 aromatic heterocycles. The maximum Gasteiger partial charge on any atom is 0.259 e. The second-order valence-corrected chi connectivity index (χ2v) is 5.30. The van der Waals surface area contributed by atoms with Gasteiger partial charge in [-0.3, -0.25) is 4.79 Å². The van der Waals surface area contributed by atoms with Crippen molar-refractivity contribution in [3.8, 4) is 22.9 Å². The van der Waals surface area contributed by atoms with Crippen LogP contribution in [0.4, 0.5) is 8.78 Å². The van der Waals surface area contributed by atoms with Gasteiger partial charge in [0.05, 0.1) is 30.1 Å². The van der Waals surface area contributed by atoms with E-state index < -0.39 is 17.2 Å². The van der Waals surface area contributed by atoms with E-state index in [1.807, 2.05) is 0 Å². The molecular weight excluding hydrogens is 342 g/mol. The largest absolute Gasteiger partial charge is 0.493 e. The third-order valence-electron chi connectivity index (χ3n) is 3.45. The first kappa shape index (κ1) is 16.2. The number of benzene rings is 2. The van der Waals surface area contributed by atoms with E-state index in [-0.39, 0.29) is 21.7 Å². The predicted octanol–water partition coefficient (Wildman–Crippen LogP) is 3.54. The van der Waals surface area contributed by atoms with Gasteiger partial charge in [-0.2, -0.15) is 0 Å². The van der Waals surface area contributed by atoms with Crippen molar-refractivity contribution in [3.05, 3.63) is 51.3 Å². The zero-order valence-electron chi connectivity index (χ0n) is 12.6. The summed E-state index contributed by atoms with van der Waals surface area (Å²) in [6.45, 7) is 0. The first-order chi connectivity index (χ1) is 11.4. The molecule has 1 N–H and O–H groups in total. The fourth-order valence-corrected chi connectivity index (χ4v) is 2.61. The Kier molecular flexibility index (Phi) is 4.11. The molecule has 1 heterocycles. The van der Waals surface area contributed by atoms with Crippen LogP contribution in [-0.4, -0.2) is 24.2 Å². The van der Waals surface area contributed by atoms with Gasteiger partial charge in [-0.05, 0) is 18.2 Å². The smallest absolute Gasteiger partial charge is 0.259 e. The molecule has 0 aliphatic heterocycles. The van der Waals surface area contributed by atoms with Crippen molar-refractivity contribution < 1.29 is 18.3 Å². The summed E-state index contributed by atoms with van der Waals surface area (Å²) in [6.07, 6.45) is 0. The van der Waals surface area contributed by atoms with E-state index in [1.165, 1.54) is 20.3 Å². The number of halogens is 3. The van der Waals surface area contributed by atoms with Crippen LogP contribution < -0.4 is 15.0 Å². The predicted molar refractivity (Wildman–Crippen MR) is 85.8 cm³/mol. The van der Waals surface area contributed by atoms with Crippen molar-refractivity contribution in [2.45, 2.75) is 0 Å². The second-order valence-electron chi connectivity index (χ2n) is 4.89. The number of hydrogen-bond acceptors (Lipinski definition) is 4. The molecule has 0 aliphatic rings. The lowest BCUT2D eigenvalue weighted by Crippen LogP contribution is -2.10. The van der Waals surface area contributed by atoms with Gasteiger partial charge in [0.2, 0.25) is 0 Å². The van der Waals surface area contributed by atoms with Gasteiger partial charge in [-0.25, -0.2) is 13.8 Å². The van der Waals surface area contributed by atoms with E-state index in [0.717, 1.165) is 12.1 Å². The first-order valence-electron chi connectivity index (χ1n) is 6.75. The van der Waals surface area contributed by atoms with Gasteiger partial charge in [0, 0.05) is 11.6 Å². The van der Waals surface area contributed by atoms with Gasteiger partial charge >= 0.3 is 0 Å². The van der Waals surface area contributed by atoms with E-state index >= 15 is 0 Å². The van der Waals surface area contributed by atoms with Crippen LogP contribution in [0.2, 0.25) is 5.02 Å². The number of aromatic amines is 1. The molecule has 0 aliphatic carbocycles. The highest BCUT2D eigenvalue weighted by atomic mass is 35.5. The number of fused-ring (bicyclic) bond motifs is 1. The molecule has 0 saturated heterocycles. The number of aromatic nitrogens is 2. The monoisotopic (exact) mass is 352 g/mol. The lowest BCUT2D eigenvalue weighted by atomic mass is 10.1. The standard InChI is InChI=1S/C16H11ClF2N2O3/c1-23-13-4-7(3-9(17)14(13)24-2)15-20-12-6-11(19)10(18)5-8(12)16(22)21-15/h3-6H,1-2H3,(H,20,21,22). The summed E-state index contributed by atoms with van der Waals surface area (Å²) in [5, 5.41) is 0.198. The SMILES string of the molecule is COc1cc(-c2nc3cc(F)c(F)cc3c(=O)[nH]2)cc(Cl)c1OC. The summed E-state index contributed by atoms with van der Waals surface area (Å²) >= 11 is 6.13. The number of ether oxygens (including phenoxy) is 2. The molecule has 0 bridgehead atoms. The highest BCUT2D eigenvalue weighted by Crippen LogP contribution is 2.38. The molecule has 0 radical (unpaired) electrons. The Morgan fingerprint density at radius 2 is 1.79 bits per heavy atom. The van der Waals surface area contributed by atoms with Crippen molar-refractivity contribution in [1.29, 1.82) is 0 Å². The Balaban J connectivity index is 2.25. The Morgan fingerprint density at radius 1 is 1.08 bits per heavy atom. The summed E-state index contributed by atoms with van der Waals surface area (Å²) < 4.78 is 37.0. The van der Waals surface area contributed by atoms with Crippen LogP contribution in [-0.2, 0) is 0 Å². The van der Waals surface area contributed by atoms with Crippen LogP contribution in [0.5, 0.6) is 11.5 Å². The minimum absolute atomic E-state index is 0.0264. The molecule has 3 aromatic rings. The summed E-state index contributed by atoms with van der Waals surface area (Å²) in [5.74, 6) is -1.39. The zero-order chi connectivity index (χ0) is 17.4. The summed E-state index contributed by atoms with van der Waals surface area (Å²) in [6, 6.07) is 4.76. The number of H-pyrrole nitrogens is 1. The highest BCUT2D eigenvalue weighted by molar-refractivity contribution is 6.32. The van der Waals surface area contributed by atoms with Crippen molar-refractivity contribution >= 4 is 22.5 Å². The molecule has 0 fully saturated rings. The Hall–Kier alpha value is -2.67. The quantitative estimate of drug-likeness (QED) is 0.783. The van der Waals surface area contributed by atoms with Crippen LogP contribution in [0.25, 0.3) is 22.3 Å². The molecule has 8 heteroatoms. The number of nitrogens with one attached hydrogen (secondary N) is 1. The average Bonchev–Trinajstić information content (AvgIpc) is 2.55. The van der Waals surface area contributed by atoms with E-state index in [9.17, 15) is 13.6 Å². The van der Waals surface area contributed by atoms with Crippen LogP contribution in [0.1, 0.15) is 0 Å². The molecule has 0 atom stereocenters. The van der Waals surface area contributed by atoms with Crippen molar-refractivity contribution in [3.63, 3.8) is 0 Å². The highest BCUT2D eigenvalue weighted by Gasteiger charge is 2.15. The molecule has 5 nitrogen and oxygen atoms in total. The van der Waals surface area contributed by atoms with Crippen molar-refractivity contribution in [1.82, 2.24) is 9.97 Å². The van der Waals surface area contributed by atoms with E-state index in [4.69, 9.17) is 21.1 Å².